The third-order valence-corrected chi connectivity index (χ3v) is 4.14. The van der Waals surface area contributed by atoms with Gasteiger partial charge in [-0.2, -0.15) is 0 Å². The van der Waals surface area contributed by atoms with Gasteiger partial charge in [-0.3, -0.25) is 0 Å². The van der Waals surface area contributed by atoms with Gasteiger partial charge in [0.1, 0.15) is 6.61 Å². The second kappa shape index (κ2) is 7.47. The number of hydrogen-bond acceptors (Lipinski definition) is 5. The third kappa shape index (κ3) is 3.93. The van der Waals surface area contributed by atoms with Gasteiger partial charge in [0.25, 0.3) is 0 Å². The lowest BCUT2D eigenvalue weighted by Crippen LogP contribution is -2.23. The maximum Gasteiger partial charge on any atom is 0.340 e. The van der Waals surface area contributed by atoms with Crippen LogP contribution in [0.5, 0.6) is 0 Å². The van der Waals surface area contributed by atoms with E-state index in [1.54, 1.807) is 12.1 Å². The normalized spacial score (nSPS) is 20.5. The van der Waals surface area contributed by atoms with Gasteiger partial charge in [-0.05, 0) is 29.7 Å². The highest BCUT2D eigenvalue weighted by molar-refractivity contribution is 5.95. The van der Waals surface area contributed by atoms with Crippen LogP contribution < -0.4 is 5.73 Å². The zero-order valence-corrected chi connectivity index (χ0v) is 13.4. The molecule has 2 atom stereocenters. The summed E-state index contributed by atoms with van der Waals surface area (Å²) in [6.45, 7) is 0.700. The van der Waals surface area contributed by atoms with Gasteiger partial charge < -0.3 is 20.3 Å². The minimum absolute atomic E-state index is 0.196. The first-order valence-corrected chi connectivity index (χ1v) is 8.03. The Morgan fingerprint density at radius 3 is 2.79 bits per heavy atom. The summed E-state index contributed by atoms with van der Waals surface area (Å²) in [4.78, 5) is 12.3. The SMILES string of the molecule is Nc1ccc(C2CC(O)CCO2)cc1C(=O)OCc1ccccc1. The Balaban J connectivity index is 1.72. The van der Waals surface area contributed by atoms with Crippen molar-refractivity contribution in [1.29, 1.82) is 0 Å². The molecule has 2 aromatic rings. The highest BCUT2D eigenvalue weighted by atomic mass is 16.5. The molecule has 0 aliphatic carbocycles. The Morgan fingerprint density at radius 1 is 1.25 bits per heavy atom. The number of esters is 1. The van der Waals surface area contributed by atoms with Crippen LogP contribution in [0.4, 0.5) is 5.69 Å². The van der Waals surface area contributed by atoms with Gasteiger partial charge in [-0.1, -0.05) is 36.4 Å². The molecule has 0 aromatic heterocycles. The van der Waals surface area contributed by atoms with Crippen LogP contribution >= 0.6 is 0 Å². The largest absolute Gasteiger partial charge is 0.457 e. The van der Waals surface area contributed by atoms with Gasteiger partial charge in [0, 0.05) is 18.7 Å². The smallest absolute Gasteiger partial charge is 0.340 e. The van der Waals surface area contributed by atoms with Crippen molar-refractivity contribution in [2.24, 2.45) is 0 Å². The minimum atomic E-state index is -0.463. The number of benzene rings is 2. The van der Waals surface area contributed by atoms with Crippen LogP contribution in [0.2, 0.25) is 0 Å². The molecule has 3 N–H and O–H groups in total. The van der Waals surface area contributed by atoms with E-state index < -0.39 is 5.97 Å². The van der Waals surface area contributed by atoms with Gasteiger partial charge in [0.05, 0.1) is 17.8 Å². The van der Waals surface area contributed by atoms with E-state index in [-0.39, 0.29) is 18.8 Å². The van der Waals surface area contributed by atoms with E-state index in [9.17, 15) is 9.90 Å². The van der Waals surface area contributed by atoms with Crippen molar-refractivity contribution >= 4 is 11.7 Å². The van der Waals surface area contributed by atoms with Crippen molar-refractivity contribution < 1.29 is 19.4 Å². The van der Waals surface area contributed by atoms with Crippen molar-refractivity contribution in [2.75, 3.05) is 12.3 Å². The standard InChI is InChI=1S/C19H21NO4/c20-17-7-6-14(18-11-15(21)8-9-23-18)10-16(17)19(22)24-12-13-4-2-1-3-5-13/h1-7,10,15,18,21H,8-9,11-12,20H2. The van der Waals surface area contributed by atoms with Crippen molar-refractivity contribution in [3.63, 3.8) is 0 Å². The molecule has 1 aliphatic rings. The Labute approximate surface area is 141 Å². The molecule has 2 unspecified atom stereocenters. The number of aliphatic hydroxyl groups excluding tert-OH is 1. The average molecular weight is 327 g/mol. The Kier molecular flexibility index (Phi) is 5.13. The molecule has 0 bridgehead atoms. The average Bonchev–Trinajstić information content (AvgIpc) is 2.61. The van der Waals surface area contributed by atoms with E-state index in [1.807, 2.05) is 36.4 Å². The molecule has 1 saturated heterocycles. The second-order valence-corrected chi connectivity index (χ2v) is 5.95. The zero-order chi connectivity index (χ0) is 16.9. The molecular weight excluding hydrogens is 306 g/mol. The molecule has 3 rings (SSSR count). The van der Waals surface area contributed by atoms with Gasteiger partial charge in [-0.15, -0.1) is 0 Å². The molecule has 0 amide bonds. The number of nitrogen functional groups attached to an aromatic ring is 1. The van der Waals surface area contributed by atoms with E-state index in [0.29, 0.717) is 30.7 Å². The van der Waals surface area contributed by atoms with Crippen LogP contribution in [0.1, 0.15) is 40.4 Å². The van der Waals surface area contributed by atoms with Crippen LogP contribution in [0.15, 0.2) is 48.5 Å². The lowest BCUT2D eigenvalue weighted by atomic mass is 9.97. The van der Waals surface area contributed by atoms with Gasteiger partial charge in [-0.25, -0.2) is 4.79 Å². The summed E-state index contributed by atoms with van der Waals surface area (Å²) in [5, 5.41) is 9.79. The molecule has 2 aromatic carbocycles. The first kappa shape index (κ1) is 16.5. The van der Waals surface area contributed by atoms with Crippen LogP contribution in [0.25, 0.3) is 0 Å². The molecule has 1 aliphatic heterocycles. The number of carbonyl (C=O) groups is 1. The number of anilines is 1. The van der Waals surface area contributed by atoms with E-state index in [2.05, 4.69) is 0 Å². The fourth-order valence-corrected chi connectivity index (χ4v) is 2.76. The number of ether oxygens (including phenoxy) is 2. The number of rotatable bonds is 4. The predicted molar refractivity (Wildman–Crippen MR) is 90.3 cm³/mol. The predicted octanol–water partition coefficient (Wildman–Crippen LogP) is 2.84. The first-order valence-electron chi connectivity index (χ1n) is 8.03. The molecule has 24 heavy (non-hydrogen) atoms. The fraction of sp³-hybridized carbons (Fsp3) is 0.316. The van der Waals surface area contributed by atoms with E-state index >= 15 is 0 Å². The summed E-state index contributed by atoms with van der Waals surface area (Å²) in [6.07, 6.45) is 0.546. The van der Waals surface area contributed by atoms with Crippen molar-refractivity contribution in [1.82, 2.24) is 0 Å². The third-order valence-electron chi connectivity index (χ3n) is 4.14. The Bertz CT molecular complexity index is 702. The summed E-state index contributed by atoms with van der Waals surface area (Å²) in [5.74, 6) is -0.463. The number of nitrogens with two attached hydrogens (primary N) is 1. The summed E-state index contributed by atoms with van der Waals surface area (Å²) in [7, 11) is 0. The lowest BCUT2D eigenvalue weighted by molar-refractivity contribution is -0.0448. The van der Waals surface area contributed by atoms with Gasteiger partial charge >= 0.3 is 5.97 Å². The van der Waals surface area contributed by atoms with Gasteiger partial charge in [0.15, 0.2) is 0 Å². The van der Waals surface area contributed by atoms with Crippen molar-refractivity contribution in [2.45, 2.75) is 31.7 Å². The highest BCUT2D eigenvalue weighted by Gasteiger charge is 2.24. The molecule has 0 spiro atoms. The van der Waals surface area contributed by atoms with E-state index in [0.717, 1.165) is 11.1 Å². The van der Waals surface area contributed by atoms with E-state index in [1.165, 1.54) is 0 Å². The molecule has 5 heteroatoms. The molecule has 0 radical (unpaired) electrons. The monoisotopic (exact) mass is 327 g/mol. The molecule has 1 heterocycles. The first-order chi connectivity index (χ1) is 11.6. The molecular formula is C19H21NO4. The minimum Gasteiger partial charge on any atom is -0.457 e. The summed E-state index contributed by atoms with van der Waals surface area (Å²) >= 11 is 0. The van der Waals surface area contributed by atoms with Crippen LogP contribution in [0, 0.1) is 0 Å². The summed E-state index contributed by atoms with van der Waals surface area (Å²) in [5.41, 5.74) is 8.36. The zero-order valence-electron chi connectivity index (χ0n) is 13.4. The Hall–Kier alpha value is -2.37. The lowest BCUT2D eigenvalue weighted by Gasteiger charge is -2.27. The maximum atomic E-state index is 12.3. The van der Waals surface area contributed by atoms with Crippen molar-refractivity contribution in [3.05, 3.63) is 65.2 Å². The fourth-order valence-electron chi connectivity index (χ4n) is 2.76. The molecule has 0 saturated carbocycles. The summed E-state index contributed by atoms with van der Waals surface area (Å²) in [6, 6.07) is 14.7. The second-order valence-electron chi connectivity index (χ2n) is 5.95. The molecule has 126 valence electrons. The highest BCUT2D eigenvalue weighted by Crippen LogP contribution is 2.30. The topological polar surface area (TPSA) is 81.8 Å². The van der Waals surface area contributed by atoms with Crippen LogP contribution in [-0.2, 0) is 16.1 Å². The van der Waals surface area contributed by atoms with Crippen LogP contribution in [0.3, 0.4) is 0 Å². The number of aliphatic hydroxyl groups is 1. The van der Waals surface area contributed by atoms with Crippen LogP contribution in [-0.4, -0.2) is 23.8 Å². The van der Waals surface area contributed by atoms with Crippen molar-refractivity contribution in [3.8, 4) is 0 Å². The van der Waals surface area contributed by atoms with Gasteiger partial charge in [0.2, 0.25) is 0 Å². The molecule has 1 fully saturated rings. The number of hydrogen-bond donors (Lipinski definition) is 2. The quantitative estimate of drug-likeness (QED) is 0.666. The maximum absolute atomic E-state index is 12.3. The number of carbonyl (C=O) groups excluding carboxylic acids is 1. The Morgan fingerprint density at radius 2 is 2.04 bits per heavy atom. The molecule has 5 nitrogen and oxygen atoms in total. The summed E-state index contributed by atoms with van der Waals surface area (Å²) < 4.78 is 11.0. The van der Waals surface area contributed by atoms with E-state index in [4.69, 9.17) is 15.2 Å².